The number of nitrogens with zero attached hydrogens (tertiary/aromatic N) is 1. The van der Waals surface area contributed by atoms with Crippen molar-refractivity contribution in [1.29, 1.82) is 0 Å². The third-order valence-electron chi connectivity index (χ3n) is 2.58. The van der Waals surface area contributed by atoms with Crippen molar-refractivity contribution in [2.45, 2.75) is 32.7 Å². The second-order valence-electron chi connectivity index (χ2n) is 3.92. The van der Waals surface area contributed by atoms with E-state index < -0.39 is 5.97 Å². The highest BCUT2D eigenvalue weighted by atomic mass is 16.4. The molecule has 0 saturated heterocycles. The zero-order valence-electron chi connectivity index (χ0n) is 10.1. The van der Waals surface area contributed by atoms with E-state index in [1.807, 2.05) is 13.8 Å². The number of aromatic nitrogens is 1. The van der Waals surface area contributed by atoms with Gasteiger partial charge in [0.15, 0.2) is 0 Å². The molecule has 0 spiro atoms. The van der Waals surface area contributed by atoms with E-state index in [2.05, 4.69) is 10.3 Å². The van der Waals surface area contributed by atoms with E-state index in [0.717, 1.165) is 12.1 Å². The van der Waals surface area contributed by atoms with Crippen molar-refractivity contribution in [2.75, 3.05) is 11.9 Å². The van der Waals surface area contributed by atoms with Crippen LogP contribution in [0.1, 0.15) is 35.8 Å². The van der Waals surface area contributed by atoms with Crippen LogP contribution in [0.4, 0.5) is 5.82 Å². The minimum absolute atomic E-state index is 0.0346. The van der Waals surface area contributed by atoms with E-state index >= 15 is 0 Å². The summed E-state index contributed by atoms with van der Waals surface area (Å²) in [7, 11) is 0. The van der Waals surface area contributed by atoms with Crippen LogP contribution in [0.25, 0.3) is 0 Å². The monoisotopic (exact) mass is 238 g/mol. The summed E-state index contributed by atoms with van der Waals surface area (Å²) in [4.78, 5) is 15.2. The van der Waals surface area contributed by atoms with E-state index in [1.54, 1.807) is 12.1 Å². The molecule has 1 aromatic rings. The number of carboxylic acids is 1. The topological polar surface area (TPSA) is 82.5 Å². The maximum atomic E-state index is 11.0. The number of aliphatic hydroxyl groups excluding tert-OH is 1. The highest BCUT2D eigenvalue weighted by Crippen LogP contribution is 2.16. The molecule has 0 bridgehead atoms. The molecule has 0 amide bonds. The molecule has 3 N–H and O–H groups in total. The van der Waals surface area contributed by atoms with Crippen LogP contribution in [0.15, 0.2) is 12.1 Å². The maximum absolute atomic E-state index is 11.0. The van der Waals surface area contributed by atoms with Gasteiger partial charge in [0.2, 0.25) is 0 Å². The van der Waals surface area contributed by atoms with E-state index in [-0.39, 0.29) is 18.2 Å². The Morgan fingerprint density at radius 3 is 2.76 bits per heavy atom. The van der Waals surface area contributed by atoms with Crippen LogP contribution in [-0.4, -0.2) is 33.8 Å². The average molecular weight is 238 g/mol. The molecule has 5 heteroatoms. The lowest BCUT2D eigenvalue weighted by Crippen LogP contribution is -2.22. The van der Waals surface area contributed by atoms with Crippen molar-refractivity contribution in [3.05, 3.63) is 23.4 Å². The van der Waals surface area contributed by atoms with Crippen molar-refractivity contribution >= 4 is 11.8 Å². The number of rotatable bonds is 6. The van der Waals surface area contributed by atoms with Crippen molar-refractivity contribution in [1.82, 2.24) is 4.98 Å². The lowest BCUT2D eigenvalue weighted by molar-refractivity contribution is 0.0697. The van der Waals surface area contributed by atoms with Gasteiger partial charge in [-0.05, 0) is 31.9 Å². The number of anilines is 1. The molecule has 0 aliphatic heterocycles. The quantitative estimate of drug-likeness (QED) is 0.702. The summed E-state index contributed by atoms with van der Waals surface area (Å²) in [5, 5.41) is 21.0. The van der Waals surface area contributed by atoms with Crippen LogP contribution < -0.4 is 5.32 Å². The summed E-state index contributed by atoms with van der Waals surface area (Å²) in [6, 6.07) is 3.24. The van der Waals surface area contributed by atoms with Gasteiger partial charge in [0.1, 0.15) is 11.4 Å². The fraction of sp³-hybridized carbons (Fsp3) is 0.500. The van der Waals surface area contributed by atoms with E-state index in [1.165, 1.54) is 0 Å². The Balaban J connectivity index is 2.94. The Morgan fingerprint density at radius 1 is 1.53 bits per heavy atom. The molecule has 1 rings (SSSR count). The first-order chi connectivity index (χ1) is 8.08. The lowest BCUT2D eigenvalue weighted by atomic mass is 10.1. The molecule has 1 aromatic heterocycles. The highest BCUT2D eigenvalue weighted by molar-refractivity contribution is 5.93. The molecule has 0 aliphatic carbocycles. The van der Waals surface area contributed by atoms with Crippen molar-refractivity contribution in [3.8, 4) is 0 Å². The third kappa shape index (κ3) is 3.71. The third-order valence-corrected chi connectivity index (χ3v) is 2.58. The summed E-state index contributed by atoms with van der Waals surface area (Å²) in [5.41, 5.74) is 0.920. The molecule has 94 valence electrons. The van der Waals surface area contributed by atoms with Crippen LogP contribution in [0.3, 0.4) is 0 Å². The van der Waals surface area contributed by atoms with Crippen molar-refractivity contribution < 1.29 is 15.0 Å². The predicted molar refractivity (Wildman–Crippen MR) is 65.3 cm³/mol. The number of carbonyl (C=O) groups is 1. The minimum atomic E-state index is -1.00. The van der Waals surface area contributed by atoms with E-state index in [0.29, 0.717) is 12.2 Å². The normalized spacial score (nSPS) is 12.2. The molecule has 17 heavy (non-hydrogen) atoms. The number of aliphatic hydroxyl groups is 1. The summed E-state index contributed by atoms with van der Waals surface area (Å²) in [5.74, 6) is -0.628. The number of aromatic carboxylic acids is 1. The summed E-state index contributed by atoms with van der Waals surface area (Å²) in [6.45, 7) is 3.85. The highest BCUT2D eigenvalue weighted by Gasteiger charge is 2.14. The maximum Gasteiger partial charge on any atom is 0.339 e. The van der Waals surface area contributed by atoms with Gasteiger partial charge in [0, 0.05) is 18.3 Å². The Morgan fingerprint density at radius 2 is 2.24 bits per heavy atom. The van der Waals surface area contributed by atoms with Crippen LogP contribution in [0, 0.1) is 6.92 Å². The Kier molecular flexibility index (Phi) is 4.90. The fourth-order valence-electron chi connectivity index (χ4n) is 1.57. The molecule has 1 atom stereocenters. The first kappa shape index (κ1) is 13.4. The summed E-state index contributed by atoms with van der Waals surface area (Å²) in [6.07, 6.45) is 1.38. The lowest BCUT2D eigenvalue weighted by Gasteiger charge is -2.18. The van der Waals surface area contributed by atoms with Gasteiger partial charge < -0.3 is 15.5 Å². The molecular formula is C12H18N2O3. The van der Waals surface area contributed by atoms with Crippen LogP contribution >= 0.6 is 0 Å². The number of hydrogen-bond acceptors (Lipinski definition) is 4. The van der Waals surface area contributed by atoms with Crippen LogP contribution in [-0.2, 0) is 0 Å². The first-order valence-corrected chi connectivity index (χ1v) is 5.66. The summed E-state index contributed by atoms with van der Waals surface area (Å²) >= 11 is 0. The van der Waals surface area contributed by atoms with Crippen LogP contribution in [0.2, 0.25) is 0 Å². The second-order valence-corrected chi connectivity index (χ2v) is 3.92. The molecule has 0 radical (unpaired) electrons. The smallest absolute Gasteiger partial charge is 0.339 e. The standard InChI is InChI=1S/C12H18N2O3/c1-3-9(6-7-15)14-11-10(12(16)17)5-4-8(2)13-11/h4-5,9,15H,3,6-7H2,1-2H3,(H,13,14)(H,16,17). The van der Waals surface area contributed by atoms with Gasteiger partial charge in [-0.3, -0.25) is 0 Å². The van der Waals surface area contributed by atoms with Crippen molar-refractivity contribution in [3.63, 3.8) is 0 Å². The van der Waals surface area contributed by atoms with Gasteiger partial charge in [0.05, 0.1) is 0 Å². The molecule has 1 unspecified atom stereocenters. The van der Waals surface area contributed by atoms with Gasteiger partial charge >= 0.3 is 5.97 Å². The first-order valence-electron chi connectivity index (χ1n) is 5.66. The number of carboxylic acid groups (broad SMARTS) is 1. The predicted octanol–water partition coefficient (Wildman–Crippen LogP) is 1.66. The van der Waals surface area contributed by atoms with Gasteiger partial charge in [0.25, 0.3) is 0 Å². The zero-order valence-corrected chi connectivity index (χ0v) is 10.1. The fourth-order valence-corrected chi connectivity index (χ4v) is 1.57. The molecule has 0 fully saturated rings. The molecule has 5 nitrogen and oxygen atoms in total. The molecule has 1 heterocycles. The Hall–Kier alpha value is -1.62. The molecular weight excluding hydrogens is 220 g/mol. The van der Waals surface area contributed by atoms with E-state index in [9.17, 15) is 4.79 Å². The summed E-state index contributed by atoms with van der Waals surface area (Å²) < 4.78 is 0. The van der Waals surface area contributed by atoms with Crippen molar-refractivity contribution in [2.24, 2.45) is 0 Å². The van der Waals surface area contributed by atoms with E-state index in [4.69, 9.17) is 10.2 Å². The number of pyridine rings is 1. The van der Waals surface area contributed by atoms with Crippen LogP contribution in [0.5, 0.6) is 0 Å². The van der Waals surface area contributed by atoms with Gasteiger partial charge in [-0.25, -0.2) is 9.78 Å². The molecule has 0 aliphatic rings. The SMILES string of the molecule is CCC(CCO)Nc1nc(C)ccc1C(=O)O. The Bertz CT molecular complexity index is 393. The van der Waals surface area contributed by atoms with Gasteiger partial charge in [-0.15, -0.1) is 0 Å². The minimum Gasteiger partial charge on any atom is -0.478 e. The average Bonchev–Trinajstić information content (AvgIpc) is 2.28. The number of aryl methyl sites for hydroxylation is 1. The Labute approximate surface area is 101 Å². The second kappa shape index (κ2) is 6.20. The zero-order chi connectivity index (χ0) is 12.8. The van der Waals surface area contributed by atoms with Gasteiger partial charge in [-0.1, -0.05) is 6.92 Å². The number of hydrogen-bond donors (Lipinski definition) is 3. The largest absolute Gasteiger partial charge is 0.478 e. The molecule has 0 saturated carbocycles. The van der Waals surface area contributed by atoms with Gasteiger partial charge in [-0.2, -0.15) is 0 Å². The number of nitrogens with one attached hydrogen (secondary N) is 1. The molecule has 0 aromatic carbocycles.